The number of nitrogens with one attached hydrogen (secondary N) is 2. The summed E-state index contributed by atoms with van der Waals surface area (Å²) in [5, 5.41) is 10.3. The van der Waals surface area contributed by atoms with Crippen LogP contribution >= 0.6 is 0 Å². The molecule has 0 bridgehead atoms. The van der Waals surface area contributed by atoms with Gasteiger partial charge in [0, 0.05) is 25.1 Å². The minimum absolute atomic E-state index is 0.000402. The molecule has 1 atom stereocenters. The van der Waals surface area contributed by atoms with Crippen LogP contribution in [0.2, 0.25) is 0 Å². The molecule has 0 radical (unpaired) electrons. The first-order valence-corrected chi connectivity index (χ1v) is 10.6. The first-order chi connectivity index (χ1) is 15.4. The van der Waals surface area contributed by atoms with Crippen LogP contribution in [0.5, 0.6) is 0 Å². The Bertz CT molecular complexity index is 1270. The molecule has 4 aromatic rings. The number of carbonyl (C=O) groups is 2. The van der Waals surface area contributed by atoms with Crippen molar-refractivity contribution in [1.29, 1.82) is 0 Å². The van der Waals surface area contributed by atoms with Crippen LogP contribution in [0.25, 0.3) is 27.2 Å². The molecule has 0 aliphatic carbocycles. The van der Waals surface area contributed by atoms with Gasteiger partial charge in [-0.1, -0.05) is 91.5 Å². The summed E-state index contributed by atoms with van der Waals surface area (Å²) < 4.78 is 0. The molecule has 4 rings (SSSR count). The highest BCUT2D eigenvalue weighted by molar-refractivity contribution is 5.96. The minimum atomic E-state index is -0.0991. The van der Waals surface area contributed by atoms with Gasteiger partial charge in [0.2, 0.25) is 11.8 Å². The largest absolute Gasteiger partial charge is 0.350 e. The number of hydrogen-bond acceptors (Lipinski definition) is 2. The second-order valence-corrected chi connectivity index (χ2v) is 7.68. The van der Waals surface area contributed by atoms with Crippen molar-refractivity contribution in [1.82, 2.24) is 10.6 Å². The van der Waals surface area contributed by atoms with Crippen LogP contribution in [-0.2, 0) is 9.59 Å². The third kappa shape index (κ3) is 5.61. The lowest BCUT2D eigenvalue weighted by Crippen LogP contribution is -2.23. The maximum absolute atomic E-state index is 11.1. The molecule has 0 spiro atoms. The van der Waals surface area contributed by atoms with Gasteiger partial charge in [0.1, 0.15) is 0 Å². The Morgan fingerprint density at radius 2 is 1.25 bits per heavy atom. The second-order valence-electron chi connectivity index (χ2n) is 7.68. The molecule has 32 heavy (non-hydrogen) atoms. The zero-order valence-corrected chi connectivity index (χ0v) is 18.7. The van der Waals surface area contributed by atoms with Gasteiger partial charge < -0.3 is 10.6 Å². The monoisotopic (exact) mass is 424 g/mol. The zero-order valence-electron chi connectivity index (χ0n) is 18.7. The fourth-order valence-corrected chi connectivity index (χ4v) is 3.78. The van der Waals surface area contributed by atoms with Crippen molar-refractivity contribution < 1.29 is 9.59 Å². The summed E-state index contributed by atoms with van der Waals surface area (Å²) in [6.45, 7) is 8.91. The van der Waals surface area contributed by atoms with Crippen molar-refractivity contribution >= 4 is 39.1 Å². The standard InChI is InChI=1S/C14H15NO.C14H13NO/c2*1-10(15-11(2)16)13-9-5-7-12-6-3-4-8-14(12)13/h3-10H,1-2H3,(H,15,16);3-9H,1H2,2H3,(H,15,16)/t10-;/m0./s1. The third-order valence-electron chi connectivity index (χ3n) is 5.15. The summed E-state index contributed by atoms with van der Waals surface area (Å²) in [6.07, 6.45) is 0. The molecule has 0 fully saturated rings. The summed E-state index contributed by atoms with van der Waals surface area (Å²) in [4.78, 5) is 22.0. The number of rotatable bonds is 4. The van der Waals surface area contributed by atoms with Crippen LogP contribution in [0.3, 0.4) is 0 Å². The van der Waals surface area contributed by atoms with Crippen LogP contribution in [0, 0.1) is 0 Å². The molecule has 0 heterocycles. The summed E-state index contributed by atoms with van der Waals surface area (Å²) >= 11 is 0. The Labute approximate surface area is 189 Å². The van der Waals surface area contributed by atoms with E-state index in [-0.39, 0.29) is 17.9 Å². The maximum Gasteiger partial charge on any atom is 0.221 e. The summed E-state index contributed by atoms with van der Waals surface area (Å²) in [5.41, 5.74) is 2.77. The quantitative estimate of drug-likeness (QED) is 0.423. The van der Waals surface area contributed by atoms with E-state index >= 15 is 0 Å². The fourth-order valence-electron chi connectivity index (χ4n) is 3.78. The lowest BCUT2D eigenvalue weighted by Gasteiger charge is -2.15. The number of hydrogen-bond donors (Lipinski definition) is 2. The Hall–Kier alpha value is -3.92. The highest BCUT2D eigenvalue weighted by Crippen LogP contribution is 2.24. The van der Waals surface area contributed by atoms with Crippen molar-refractivity contribution in [2.24, 2.45) is 0 Å². The molecular formula is C28H28N2O2. The number of fused-ring (bicyclic) bond motifs is 2. The Morgan fingerprint density at radius 1 is 0.719 bits per heavy atom. The zero-order chi connectivity index (χ0) is 23.1. The highest BCUT2D eigenvalue weighted by atomic mass is 16.2. The van der Waals surface area contributed by atoms with Crippen molar-refractivity contribution in [3.05, 3.63) is 103 Å². The average molecular weight is 425 g/mol. The second kappa shape index (κ2) is 10.4. The van der Waals surface area contributed by atoms with Crippen molar-refractivity contribution in [2.45, 2.75) is 26.8 Å². The van der Waals surface area contributed by atoms with Crippen molar-refractivity contribution in [3.63, 3.8) is 0 Å². The van der Waals surface area contributed by atoms with Gasteiger partial charge in [0.05, 0.1) is 6.04 Å². The predicted molar refractivity (Wildman–Crippen MR) is 133 cm³/mol. The lowest BCUT2D eigenvalue weighted by molar-refractivity contribution is -0.119. The minimum Gasteiger partial charge on any atom is -0.350 e. The van der Waals surface area contributed by atoms with Gasteiger partial charge in [-0.15, -0.1) is 0 Å². The molecule has 4 aromatic carbocycles. The molecule has 0 unspecified atom stereocenters. The third-order valence-corrected chi connectivity index (χ3v) is 5.15. The first-order valence-electron chi connectivity index (χ1n) is 10.6. The Morgan fingerprint density at radius 3 is 1.88 bits per heavy atom. The Kier molecular flexibility index (Phi) is 7.40. The molecular weight excluding hydrogens is 396 g/mol. The van der Waals surface area contributed by atoms with E-state index in [0.717, 1.165) is 21.9 Å². The highest BCUT2D eigenvalue weighted by Gasteiger charge is 2.09. The van der Waals surface area contributed by atoms with Crippen LogP contribution in [0.15, 0.2) is 91.5 Å². The lowest BCUT2D eigenvalue weighted by atomic mass is 10.00. The Balaban J connectivity index is 0.000000181. The van der Waals surface area contributed by atoms with E-state index in [1.54, 1.807) is 6.92 Å². The van der Waals surface area contributed by atoms with E-state index < -0.39 is 0 Å². The number of benzene rings is 4. The molecule has 0 saturated carbocycles. The van der Waals surface area contributed by atoms with Crippen LogP contribution < -0.4 is 10.6 Å². The number of amides is 2. The van der Waals surface area contributed by atoms with Gasteiger partial charge in [-0.05, 0) is 34.0 Å². The molecule has 0 aliphatic rings. The normalized spacial score (nSPS) is 11.2. The van der Waals surface area contributed by atoms with E-state index in [9.17, 15) is 9.59 Å². The van der Waals surface area contributed by atoms with Crippen LogP contribution in [0.4, 0.5) is 0 Å². The molecule has 2 N–H and O–H groups in total. The topological polar surface area (TPSA) is 58.2 Å². The smallest absolute Gasteiger partial charge is 0.221 e. The summed E-state index contributed by atoms with van der Waals surface area (Å²) in [5.74, 6) is -0.0987. The summed E-state index contributed by atoms with van der Waals surface area (Å²) in [6, 6.07) is 28.4. The van der Waals surface area contributed by atoms with E-state index in [2.05, 4.69) is 41.5 Å². The van der Waals surface area contributed by atoms with Crippen LogP contribution in [0.1, 0.15) is 37.9 Å². The fraction of sp³-hybridized carbons (Fsp3) is 0.143. The predicted octanol–water partition coefficient (Wildman–Crippen LogP) is 5.98. The van der Waals surface area contributed by atoms with Crippen molar-refractivity contribution in [2.75, 3.05) is 0 Å². The van der Waals surface area contributed by atoms with Gasteiger partial charge in [-0.25, -0.2) is 0 Å². The molecule has 0 aliphatic heterocycles. The van der Waals surface area contributed by atoms with Gasteiger partial charge in [0.25, 0.3) is 0 Å². The molecule has 4 nitrogen and oxygen atoms in total. The SMILES string of the molecule is C=C(NC(C)=O)c1cccc2ccccc12.CC(=O)N[C@@H](C)c1cccc2ccccc12. The number of carbonyl (C=O) groups excluding carboxylic acids is 2. The average Bonchev–Trinajstić information content (AvgIpc) is 2.78. The van der Waals surface area contributed by atoms with E-state index in [4.69, 9.17) is 0 Å². The van der Waals surface area contributed by atoms with Gasteiger partial charge in [-0.2, -0.15) is 0 Å². The van der Waals surface area contributed by atoms with Crippen LogP contribution in [-0.4, -0.2) is 11.8 Å². The molecule has 0 saturated heterocycles. The van der Waals surface area contributed by atoms with E-state index in [1.807, 2.05) is 67.6 Å². The molecule has 4 heteroatoms. The van der Waals surface area contributed by atoms with E-state index in [0.29, 0.717) is 5.70 Å². The van der Waals surface area contributed by atoms with Gasteiger partial charge >= 0.3 is 0 Å². The van der Waals surface area contributed by atoms with Crippen molar-refractivity contribution in [3.8, 4) is 0 Å². The van der Waals surface area contributed by atoms with Gasteiger partial charge in [-0.3, -0.25) is 9.59 Å². The molecule has 0 aromatic heterocycles. The molecule has 2 amide bonds. The molecule has 162 valence electrons. The first kappa shape index (κ1) is 22.8. The maximum atomic E-state index is 11.1. The summed E-state index contributed by atoms with van der Waals surface area (Å²) in [7, 11) is 0. The van der Waals surface area contributed by atoms with E-state index in [1.165, 1.54) is 17.7 Å². The van der Waals surface area contributed by atoms with Gasteiger partial charge in [0.15, 0.2) is 0 Å².